The number of benzene rings is 3. The number of hydrogen-bond acceptors (Lipinski definition) is 4. The topological polar surface area (TPSA) is 48.7 Å². The van der Waals surface area contributed by atoms with Crippen LogP contribution in [0, 0.1) is 0 Å². The molecule has 118 valence electrons. The Bertz CT molecular complexity index is 1100. The van der Waals surface area contributed by atoms with Gasteiger partial charge in [-0.1, -0.05) is 24.3 Å². The van der Waals surface area contributed by atoms with Gasteiger partial charge in [0.25, 0.3) is 0 Å². The van der Waals surface area contributed by atoms with Crippen molar-refractivity contribution in [3.63, 3.8) is 0 Å². The summed E-state index contributed by atoms with van der Waals surface area (Å²) in [7, 11) is 1.60. The molecule has 0 atom stereocenters. The molecule has 4 aromatic rings. The van der Waals surface area contributed by atoms with E-state index in [-0.39, 0.29) is 5.43 Å². The average Bonchev–Trinajstić information content (AvgIpc) is 2.62. The molecule has 4 heteroatoms. The van der Waals surface area contributed by atoms with Gasteiger partial charge in [0.2, 0.25) is 5.43 Å². The van der Waals surface area contributed by atoms with Crippen molar-refractivity contribution in [3.8, 4) is 17.2 Å². The van der Waals surface area contributed by atoms with Crippen LogP contribution >= 0.6 is 0 Å². The summed E-state index contributed by atoms with van der Waals surface area (Å²) >= 11 is 0. The molecule has 0 unspecified atom stereocenters. The van der Waals surface area contributed by atoms with E-state index in [4.69, 9.17) is 13.9 Å². The van der Waals surface area contributed by atoms with E-state index in [0.717, 1.165) is 0 Å². The molecule has 0 saturated heterocycles. The van der Waals surface area contributed by atoms with Gasteiger partial charge in [-0.15, -0.1) is 0 Å². The van der Waals surface area contributed by atoms with Crippen LogP contribution in [-0.4, -0.2) is 7.11 Å². The average molecular weight is 318 g/mol. The fourth-order valence-electron chi connectivity index (χ4n) is 2.69. The maximum Gasteiger partial charge on any atom is 0.204 e. The Balaban J connectivity index is 1.92. The van der Waals surface area contributed by atoms with Crippen molar-refractivity contribution in [2.45, 2.75) is 0 Å². The molecule has 1 heterocycles. The molecule has 0 aliphatic rings. The highest BCUT2D eigenvalue weighted by Crippen LogP contribution is 2.31. The molecule has 4 rings (SSSR count). The summed E-state index contributed by atoms with van der Waals surface area (Å²) < 4.78 is 17.0. The molecule has 0 bridgehead atoms. The Kier molecular flexibility index (Phi) is 3.43. The molecule has 0 aliphatic carbocycles. The summed E-state index contributed by atoms with van der Waals surface area (Å²) in [4.78, 5) is 12.9. The predicted molar refractivity (Wildman–Crippen MR) is 93.1 cm³/mol. The third-order valence-electron chi connectivity index (χ3n) is 3.84. The maximum atomic E-state index is 12.9. The molecule has 0 saturated carbocycles. The van der Waals surface area contributed by atoms with Crippen LogP contribution in [0.1, 0.15) is 0 Å². The van der Waals surface area contributed by atoms with Gasteiger partial charge in [0, 0.05) is 6.07 Å². The van der Waals surface area contributed by atoms with Crippen molar-refractivity contribution in [1.29, 1.82) is 0 Å². The van der Waals surface area contributed by atoms with Gasteiger partial charge < -0.3 is 13.9 Å². The summed E-state index contributed by atoms with van der Waals surface area (Å²) in [5.74, 6) is 1.74. The van der Waals surface area contributed by atoms with Crippen molar-refractivity contribution < 1.29 is 13.9 Å². The lowest BCUT2D eigenvalue weighted by Crippen LogP contribution is -2.03. The van der Waals surface area contributed by atoms with Crippen LogP contribution in [0.3, 0.4) is 0 Å². The van der Waals surface area contributed by atoms with Crippen LogP contribution < -0.4 is 14.9 Å². The highest BCUT2D eigenvalue weighted by Gasteiger charge is 2.13. The first-order chi connectivity index (χ1) is 11.8. The summed E-state index contributed by atoms with van der Waals surface area (Å²) in [5, 5.41) is 0.964. The Labute approximate surface area is 137 Å². The molecule has 0 fully saturated rings. The highest BCUT2D eigenvalue weighted by atomic mass is 16.5. The zero-order chi connectivity index (χ0) is 16.5. The number of para-hydroxylation sites is 1. The number of fused-ring (bicyclic) bond motifs is 2. The van der Waals surface area contributed by atoms with Crippen molar-refractivity contribution in [1.82, 2.24) is 0 Å². The minimum atomic E-state index is -0.106. The Morgan fingerprint density at radius 3 is 2.46 bits per heavy atom. The molecule has 0 spiro atoms. The lowest BCUT2D eigenvalue weighted by Gasteiger charge is -2.10. The molecule has 0 amide bonds. The normalized spacial score (nSPS) is 10.9. The van der Waals surface area contributed by atoms with Crippen LogP contribution in [0.5, 0.6) is 17.2 Å². The second-order valence-electron chi connectivity index (χ2n) is 5.34. The molecular formula is C20H14O4. The lowest BCUT2D eigenvalue weighted by molar-refractivity contribution is 0.409. The SMILES string of the molecule is COc1cccc(Oc2cccc3oc4ccccc4c(=O)c23)c1. The van der Waals surface area contributed by atoms with Crippen molar-refractivity contribution in [3.05, 3.63) is 77.0 Å². The van der Waals surface area contributed by atoms with Gasteiger partial charge in [-0.25, -0.2) is 0 Å². The van der Waals surface area contributed by atoms with E-state index in [1.807, 2.05) is 30.3 Å². The van der Waals surface area contributed by atoms with Crippen LogP contribution in [0.2, 0.25) is 0 Å². The Hall–Kier alpha value is -3.27. The van der Waals surface area contributed by atoms with Crippen LogP contribution in [0.15, 0.2) is 75.9 Å². The van der Waals surface area contributed by atoms with E-state index >= 15 is 0 Å². The van der Waals surface area contributed by atoms with E-state index < -0.39 is 0 Å². The van der Waals surface area contributed by atoms with Gasteiger partial charge in [-0.2, -0.15) is 0 Å². The van der Waals surface area contributed by atoms with Crippen LogP contribution in [0.25, 0.3) is 21.9 Å². The van der Waals surface area contributed by atoms with Gasteiger partial charge in [-0.3, -0.25) is 4.79 Å². The first kappa shape index (κ1) is 14.3. The number of hydrogen-bond donors (Lipinski definition) is 0. The minimum Gasteiger partial charge on any atom is -0.497 e. The molecule has 0 N–H and O–H groups in total. The zero-order valence-corrected chi connectivity index (χ0v) is 13.0. The van der Waals surface area contributed by atoms with E-state index in [9.17, 15) is 4.79 Å². The monoisotopic (exact) mass is 318 g/mol. The predicted octanol–water partition coefficient (Wildman–Crippen LogP) is 4.75. The van der Waals surface area contributed by atoms with Gasteiger partial charge in [0.15, 0.2) is 0 Å². The standard InChI is InChI=1S/C20H14O4/c1-22-13-6-4-7-14(12-13)23-17-10-5-11-18-19(17)20(21)15-8-2-3-9-16(15)24-18/h2-12H,1H3. The van der Waals surface area contributed by atoms with Crippen LogP contribution in [0.4, 0.5) is 0 Å². The van der Waals surface area contributed by atoms with Crippen molar-refractivity contribution >= 4 is 21.9 Å². The number of methoxy groups -OCH3 is 1. The lowest BCUT2D eigenvalue weighted by atomic mass is 10.1. The van der Waals surface area contributed by atoms with Gasteiger partial charge in [0.05, 0.1) is 12.5 Å². The highest BCUT2D eigenvalue weighted by molar-refractivity contribution is 5.93. The Morgan fingerprint density at radius 2 is 1.58 bits per heavy atom. The fourth-order valence-corrected chi connectivity index (χ4v) is 2.69. The quantitative estimate of drug-likeness (QED) is 0.512. The molecule has 3 aromatic carbocycles. The van der Waals surface area contributed by atoms with Gasteiger partial charge >= 0.3 is 0 Å². The molecule has 0 radical (unpaired) electrons. The van der Waals surface area contributed by atoms with Gasteiger partial charge in [-0.05, 0) is 36.4 Å². The summed E-state index contributed by atoms with van der Waals surface area (Å²) in [6, 6.07) is 19.8. The molecule has 1 aromatic heterocycles. The van der Waals surface area contributed by atoms with Crippen molar-refractivity contribution in [2.75, 3.05) is 7.11 Å². The van der Waals surface area contributed by atoms with E-state index in [1.54, 1.807) is 43.5 Å². The largest absolute Gasteiger partial charge is 0.497 e. The van der Waals surface area contributed by atoms with Gasteiger partial charge in [0.1, 0.15) is 33.8 Å². The second-order valence-corrected chi connectivity index (χ2v) is 5.34. The zero-order valence-electron chi connectivity index (χ0n) is 13.0. The summed E-state index contributed by atoms with van der Waals surface area (Å²) in [6.45, 7) is 0. The number of rotatable bonds is 3. The summed E-state index contributed by atoms with van der Waals surface area (Å²) in [5.41, 5.74) is 0.956. The molecule has 24 heavy (non-hydrogen) atoms. The van der Waals surface area contributed by atoms with Crippen molar-refractivity contribution in [2.24, 2.45) is 0 Å². The molecular weight excluding hydrogens is 304 g/mol. The smallest absolute Gasteiger partial charge is 0.204 e. The first-order valence-electron chi connectivity index (χ1n) is 7.53. The summed E-state index contributed by atoms with van der Waals surface area (Å²) in [6.07, 6.45) is 0. The van der Waals surface area contributed by atoms with E-state index in [1.165, 1.54) is 0 Å². The fraction of sp³-hybridized carbons (Fsp3) is 0.0500. The molecule has 0 aliphatic heterocycles. The Morgan fingerprint density at radius 1 is 0.833 bits per heavy atom. The van der Waals surface area contributed by atoms with E-state index in [0.29, 0.717) is 39.2 Å². The maximum absolute atomic E-state index is 12.9. The molecule has 4 nitrogen and oxygen atoms in total. The minimum absolute atomic E-state index is 0.106. The van der Waals surface area contributed by atoms with E-state index in [2.05, 4.69) is 0 Å². The third kappa shape index (κ3) is 2.38. The first-order valence-corrected chi connectivity index (χ1v) is 7.53. The van der Waals surface area contributed by atoms with Crippen LogP contribution in [-0.2, 0) is 0 Å². The number of ether oxygens (including phenoxy) is 2. The third-order valence-corrected chi connectivity index (χ3v) is 3.84. The second kappa shape index (κ2) is 5.74.